The van der Waals surface area contributed by atoms with Gasteiger partial charge in [0.15, 0.2) is 5.82 Å². The number of hydrogen-bond donors (Lipinski definition) is 1. The van der Waals surface area contributed by atoms with Gasteiger partial charge in [-0.05, 0) is 58.9 Å². The first-order valence-corrected chi connectivity index (χ1v) is 14.0. The third-order valence-electron chi connectivity index (χ3n) is 6.98. The van der Waals surface area contributed by atoms with Crippen LogP contribution < -0.4 is 5.32 Å². The number of methoxy groups -OCH3 is 1. The van der Waals surface area contributed by atoms with E-state index in [2.05, 4.69) is 15.3 Å². The maximum Gasteiger partial charge on any atom is 0.410 e. The number of rotatable bonds is 9. The number of aromatic nitrogens is 2. The molecule has 1 N–H and O–H groups in total. The van der Waals surface area contributed by atoms with Gasteiger partial charge in [-0.2, -0.15) is 0 Å². The van der Waals surface area contributed by atoms with E-state index in [0.29, 0.717) is 31.1 Å². The van der Waals surface area contributed by atoms with Crippen LogP contribution in [0.25, 0.3) is 11.4 Å². The lowest BCUT2D eigenvalue weighted by Gasteiger charge is -2.39. The predicted octanol–water partition coefficient (Wildman–Crippen LogP) is 4.09. The Hall–Kier alpha value is -3.53. The van der Waals surface area contributed by atoms with Crippen molar-refractivity contribution < 1.29 is 25.3 Å². The first kappa shape index (κ1) is 29.5. The molecule has 4 rings (SSSR count). The minimum atomic E-state index is -0.530. The van der Waals surface area contributed by atoms with E-state index in [1.807, 2.05) is 56.9 Å². The van der Waals surface area contributed by atoms with Crippen molar-refractivity contribution in [2.75, 3.05) is 26.8 Å². The highest BCUT2D eigenvalue weighted by Crippen LogP contribution is 2.33. The third kappa shape index (κ3) is 8.00. The van der Waals surface area contributed by atoms with Gasteiger partial charge in [-0.25, -0.2) is 14.8 Å². The Morgan fingerprint density at radius 3 is 2.20 bits per heavy atom. The smallest absolute Gasteiger partial charge is 0.410 e. The minimum Gasteiger partial charge on any atom is -0.444 e. The van der Waals surface area contributed by atoms with Gasteiger partial charge in [0.25, 0.3) is 5.91 Å². The Kier molecular flexibility index (Phi) is 9.40. The lowest BCUT2D eigenvalue weighted by Crippen LogP contribution is -2.50. The van der Waals surface area contributed by atoms with E-state index < -0.39 is 5.60 Å². The highest BCUT2D eigenvalue weighted by atomic mass is 16.6. The second kappa shape index (κ2) is 12.8. The SMILES string of the molecule is COCC(C)NC(=O)Cc1ccc(-c2ncc(C(=O)N(C3CC3)C3CCN(C(=O)OC(C)(C)C)CC3)cn2)cc1.[HH]. The largest absolute Gasteiger partial charge is 0.444 e. The molecule has 1 saturated heterocycles. The summed E-state index contributed by atoms with van der Waals surface area (Å²) in [5.74, 6) is 0.394. The van der Waals surface area contributed by atoms with E-state index >= 15 is 0 Å². The highest BCUT2D eigenvalue weighted by molar-refractivity contribution is 5.94. The van der Waals surface area contributed by atoms with Crippen LogP contribution >= 0.6 is 0 Å². The van der Waals surface area contributed by atoms with E-state index in [1.165, 1.54) is 0 Å². The maximum atomic E-state index is 13.5. The Labute approximate surface area is 237 Å². The molecule has 1 aliphatic heterocycles. The average molecular weight is 554 g/mol. The van der Waals surface area contributed by atoms with Gasteiger partial charge < -0.3 is 24.6 Å². The number of amides is 3. The standard InChI is InChI=1S/C30H41N5O5.H2/c1-20(19-39-5)33-26(36)16-21-6-8-22(9-7-21)27-31-17-23(18-32-27)28(37)35(24-10-11-24)25-12-14-34(15-13-25)29(38)40-30(2,3)4;/h6-9,17-18,20,24-25H,10-16,19H2,1-5H3,(H,33,36);1H. The molecule has 0 radical (unpaired) electrons. The second-order valence-electron chi connectivity index (χ2n) is 11.7. The molecule has 2 aliphatic rings. The molecule has 1 aromatic heterocycles. The first-order valence-electron chi connectivity index (χ1n) is 14.0. The van der Waals surface area contributed by atoms with Crippen LogP contribution in [0.2, 0.25) is 0 Å². The Balaban J connectivity index is 0.00000462. The number of hydrogen-bond acceptors (Lipinski definition) is 7. The molecule has 3 amide bonds. The van der Waals surface area contributed by atoms with Gasteiger partial charge in [-0.3, -0.25) is 9.59 Å². The van der Waals surface area contributed by atoms with Gasteiger partial charge >= 0.3 is 6.09 Å². The molecular weight excluding hydrogens is 510 g/mol. The lowest BCUT2D eigenvalue weighted by molar-refractivity contribution is -0.121. The summed E-state index contributed by atoms with van der Waals surface area (Å²) in [4.78, 5) is 50.9. The van der Waals surface area contributed by atoms with Crippen molar-refractivity contribution in [3.8, 4) is 11.4 Å². The molecule has 1 unspecified atom stereocenters. The Morgan fingerprint density at radius 1 is 1.05 bits per heavy atom. The number of carbonyl (C=O) groups is 3. The van der Waals surface area contributed by atoms with Gasteiger partial charge in [0.1, 0.15) is 5.60 Å². The van der Waals surface area contributed by atoms with Crippen LogP contribution in [0.15, 0.2) is 36.7 Å². The number of piperidine rings is 1. The van der Waals surface area contributed by atoms with Gasteiger partial charge in [-0.15, -0.1) is 0 Å². The number of nitrogens with one attached hydrogen (secondary N) is 1. The molecule has 0 spiro atoms. The molecule has 1 aliphatic carbocycles. The fraction of sp³-hybridized carbons (Fsp3) is 0.567. The van der Waals surface area contributed by atoms with E-state index in [-0.39, 0.29) is 43.9 Å². The molecule has 10 nitrogen and oxygen atoms in total. The Bertz CT molecular complexity index is 1170. The van der Waals surface area contributed by atoms with Crippen molar-refractivity contribution in [1.82, 2.24) is 25.1 Å². The fourth-order valence-corrected chi connectivity index (χ4v) is 4.95. The van der Waals surface area contributed by atoms with Crippen LogP contribution in [-0.4, -0.2) is 88.2 Å². The van der Waals surface area contributed by atoms with Crippen LogP contribution in [0, 0.1) is 0 Å². The summed E-state index contributed by atoms with van der Waals surface area (Å²) in [5, 5.41) is 2.90. The van der Waals surface area contributed by atoms with Crippen molar-refractivity contribution in [2.45, 2.75) is 83.5 Å². The molecule has 1 atom stereocenters. The van der Waals surface area contributed by atoms with E-state index in [9.17, 15) is 14.4 Å². The summed E-state index contributed by atoms with van der Waals surface area (Å²) < 4.78 is 10.6. The van der Waals surface area contributed by atoms with E-state index in [1.54, 1.807) is 24.4 Å². The topological polar surface area (TPSA) is 114 Å². The van der Waals surface area contributed by atoms with Gasteiger partial charge in [-0.1, -0.05) is 24.3 Å². The van der Waals surface area contributed by atoms with Crippen LogP contribution in [-0.2, 0) is 20.7 Å². The minimum absolute atomic E-state index is 0. The Morgan fingerprint density at radius 2 is 1.65 bits per heavy atom. The summed E-state index contributed by atoms with van der Waals surface area (Å²) in [6.07, 6.45) is 6.58. The summed E-state index contributed by atoms with van der Waals surface area (Å²) >= 11 is 0. The van der Waals surface area contributed by atoms with Crippen molar-refractivity contribution in [3.05, 3.63) is 47.8 Å². The number of nitrogens with zero attached hydrogens (tertiary/aromatic N) is 4. The van der Waals surface area contributed by atoms with Crippen LogP contribution in [0.1, 0.15) is 70.7 Å². The average Bonchev–Trinajstić information content (AvgIpc) is 3.74. The van der Waals surface area contributed by atoms with Crippen molar-refractivity contribution >= 4 is 17.9 Å². The van der Waals surface area contributed by atoms with Crippen LogP contribution in [0.5, 0.6) is 0 Å². The van der Waals surface area contributed by atoms with Gasteiger partial charge in [0.2, 0.25) is 5.91 Å². The molecule has 1 saturated carbocycles. The second-order valence-corrected chi connectivity index (χ2v) is 11.7. The number of benzene rings is 1. The summed E-state index contributed by atoms with van der Waals surface area (Å²) in [6.45, 7) is 9.08. The lowest BCUT2D eigenvalue weighted by atomic mass is 10.0. The zero-order valence-corrected chi connectivity index (χ0v) is 24.2. The monoisotopic (exact) mass is 553 g/mol. The molecule has 2 fully saturated rings. The van der Waals surface area contributed by atoms with Crippen molar-refractivity contribution in [3.63, 3.8) is 0 Å². The molecule has 10 heteroatoms. The highest BCUT2D eigenvalue weighted by Gasteiger charge is 2.40. The van der Waals surface area contributed by atoms with Crippen molar-refractivity contribution in [1.29, 1.82) is 0 Å². The van der Waals surface area contributed by atoms with E-state index in [0.717, 1.165) is 36.8 Å². The van der Waals surface area contributed by atoms with E-state index in [4.69, 9.17) is 9.47 Å². The fourth-order valence-electron chi connectivity index (χ4n) is 4.95. The third-order valence-corrected chi connectivity index (χ3v) is 6.98. The molecule has 218 valence electrons. The molecular formula is C30H43N5O5. The van der Waals surface area contributed by atoms with Crippen LogP contribution in [0.3, 0.4) is 0 Å². The molecule has 40 heavy (non-hydrogen) atoms. The van der Waals surface area contributed by atoms with Gasteiger partial charge in [0.05, 0.1) is 18.6 Å². The molecule has 1 aromatic carbocycles. The van der Waals surface area contributed by atoms with Crippen molar-refractivity contribution in [2.24, 2.45) is 0 Å². The van der Waals surface area contributed by atoms with Gasteiger partial charge in [0, 0.05) is 57.7 Å². The van der Waals surface area contributed by atoms with Crippen LogP contribution in [0.4, 0.5) is 4.79 Å². The molecule has 2 aromatic rings. The zero-order valence-electron chi connectivity index (χ0n) is 24.2. The summed E-state index contributed by atoms with van der Waals surface area (Å²) in [7, 11) is 1.61. The summed E-state index contributed by atoms with van der Waals surface area (Å²) in [5.41, 5.74) is 1.63. The summed E-state index contributed by atoms with van der Waals surface area (Å²) in [6, 6.07) is 7.79. The quantitative estimate of drug-likeness (QED) is 0.498. The zero-order chi connectivity index (χ0) is 28.9. The predicted molar refractivity (Wildman–Crippen MR) is 153 cm³/mol. The molecule has 0 bridgehead atoms. The number of likely N-dealkylation sites (tertiary alicyclic amines) is 1. The molecule has 2 heterocycles. The first-order chi connectivity index (χ1) is 19.0. The number of ether oxygens (including phenoxy) is 2. The maximum absolute atomic E-state index is 13.5. The number of carbonyl (C=O) groups excluding carboxylic acids is 3. The normalized spacial score (nSPS) is 16.8.